The summed E-state index contributed by atoms with van der Waals surface area (Å²) in [6, 6.07) is 11.6. The van der Waals surface area contributed by atoms with Crippen LogP contribution in [-0.4, -0.2) is 58.1 Å². The first-order chi connectivity index (χ1) is 21.2. The molecule has 0 aromatic heterocycles. The Labute approximate surface area is 275 Å². The third-order valence-electron chi connectivity index (χ3n) is 7.30. The van der Waals surface area contributed by atoms with Crippen LogP contribution in [0.15, 0.2) is 48.5 Å². The summed E-state index contributed by atoms with van der Waals surface area (Å²) < 4.78 is 11.2. The fourth-order valence-corrected chi connectivity index (χ4v) is 5.18. The van der Waals surface area contributed by atoms with E-state index in [9.17, 15) is 19.2 Å². The normalized spacial score (nSPS) is 14.5. The zero-order valence-corrected chi connectivity index (χ0v) is 29.8. The summed E-state index contributed by atoms with van der Waals surface area (Å²) in [6.45, 7) is 21.9. The summed E-state index contributed by atoms with van der Waals surface area (Å²) in [4.78, 5) is 57.1. The van der Waals surface area contributed by atoms with Gasteiger partial charge in [-0.15, -0.1) is 0 Å². The van der Waals surface area contributed by atoms with E-state index in [2.05, 4.69) is 10.6 Å². The summed E-state index contributed by atoms with van der Waals surface area (Å²) >= 11 is 0. The largest absolute Gasteiger partial charge is 0.458 e. The van der Waals surface area contributed by atoms with Gasteiger partial charge in [-0.3, -0.25) is 9.59 Å². The van der Waals surface area contributed by atoms with Crippen LogP contribution in [0.3, 0.4) is 0 Å². The van der Waals surface area contributed by atoms with E-state index in [-0.39, 0.29) is 12.3 Å². The molecule has 9 heteroatoms. The molecule has 0 saturated heterocycles. The fourth-order valence-electron chi connectivity index (χ4n) is 5.18. The van der Waals surface area contributed by atoms with Gasteiger partial charge in [0.1, 0.15) is 29.3 Å². The summed E-state index contributed by atoms with van der Waals surface area (Å²) in [6.07, 6.45) is 0.0217. The molecule has 0 aliphatic heterocycles. The first kappa shape index (κ1) is 38.3. The van der Waals surface area contributed by atoms with Crippen LogP contribution in [0.5, 0.6) is 0 Å². The third kappa shape index (κ3) is 11.8. The first-order valence-electron chi connectivity index (χ1n) is 16.2. The van der Waals surface area contributed by atoms with Gasteiger partial charge in [0.15, 0.2) is 0 Å². The Balaban J connectivity index is 2.67. The lowest BCUT2D eigenvalue weighted by Crippen LogP contribution is -2.58. The van der Waals surface area contributed by atoms with Gasteiger partial charge < -0.3 is 25.0 Å². The number of hydrogen-bond donors (Lipinski definition) is 2. The Kier molecular flexibility index (Phi) is 13.4. The topological polar surface area (TPSA) is 114 Å². The van der Waals surface area contributed by atoms with E-state index < -0.39 is 59.2 Å². The summed E-state index contributed by atoms with van der Waals surface area (Å²) in [5.41, 5.74) is 1.75. The molecule has 0 radical (unpaired) electrons. The van der Waals surface area contributed by atoms with Crippen LogP contribution >= 0.6 is 0 Å². The molecule has 2 N–H and O–H groups in total. The number of amides is 3. The van der Waals surface area contributed by atoms with Crippen LogP contribution in [0, 0.1) is 19.8 Å². The van der Waals surface area contributed by atoms with Crippen molar-refractivity contribution in [1.29, 1.82) is 0 Å². The molecule has 0 spiro atoms. The van der Waals surface area contributed by atoms with Crippen LogP contribution in [0.4, 0.5) is 4.79 Å². The van der Waals surface area contributed by atoms with Gasteiger partial charge in [0.25, 0.3) is 0 Å². The molecule has 2 aromatic carbocycles. The number of nitrogens with one attached hydrogen (secondary N) is 2. The molecular weight excluding hydrogens is 582 g/mol. The van der Waals surface area contributed by atoms with Crippen molar-refractivity contribution in [3.05, 3.63) is 70.8 Å². The average Bonchev–Trinajstić information content (AvgIpc) is 2.91. The second kappa shape index (κ2) is 16.1. The van der Waals surface area contributed by atoms with Crippen molar-refractivity contribution >= 4 is 23.9 Å². The Morgan fingerprint density at radius 3 is 1.83 bits per heavy atom. The molecule has 0 fully saturated rings. The molecule has 0 saturated carbocycles. The number of carbonyl (C=O) groups excluding carboxylic acids is 4. The molecule has 9 nitrogen and oxygen atoms in total. The molecule has 4 atom stereocenters. The van der Waals surface area contributed by atoms with Crippen molar-refractivity contribution < 1.29 is 28.7 Å². The lowest BCUT2D eigenvalue weighted by Gasteiger charge is -2.39. The molecule has 0 bridgehead atoms. The average molecular weight is 638 g/mol. The molecule has 46 heavy (non-hydrogen) atoms. The van der Waals surface area contributed by atoms with Gasteiger partial charge in [0.05, 0.1) is 0 Å². The van der Waals surface area contributed by atoms with Crippen LogP contribution in [-0.2, 0) is 30.3 Å². The number of hydrogen-bond acceptors (Lipinski definition) is 6. The van der Waals surface area contributed by atoms with Crippen LogP contribution in [0.1, 0.15) is 104 Å². The van der Waals surface area contributed by atoms with E-state index >= 15 is 0 Å². The van der Waals surface area contributed by atoms with Crippen molar-refractivity contribution in [3.8, 4) is 0 Å². The SMILES string of the molecule is CCC(C)N(C(=O)C(NC(=O)OC(C)(C)C)C(C)C)C(C(=O)NC(Cc1ccccc1)C(=O)OC(C)(C)C)c1cc(C)cc(C)c1. The lowest BCUT2D eigenvalue weighted by atomic mass is 9.94. The number of alkyl carbamates (subject to hydrolysis) is 1. The highest BCUT2D eigenvalue weighted by Gasteiger charge is 2.41. The predicted molar refractivity (Wildman–Crippen MR) is 181 cm³/mol. The van der Waals surface area contributed by atoms with Gasteiger partial charge in [0, 0.05) is 12.5 Å². The highest BCUT2D eigenvalue weighted by atomic mass is 16.6. The van der Waals surface area contributed by atoms with Gasteiger partial charge >= 0.3 is 12.1 Å². The summed E-state index contributed by atoms with van der Waals surface area (Å²) in [7, 11) is 0. The van der Waals surface area contributed by atoms with Crippen molar-refractivity contribution in [3.63, 3.8) is 0 Å². The maximum atomic E-state index is 14.6. The van der Waals surface area contributed by atoms with E-state index in [4.69, 9.17) is 9.47 Å². The predicted octanol–water partition coefficient (Wildman–Crippen LogP) is 6.59. The number of aryl methyl sites for hydroxylation is 2. The minimum absolute atomic E-state index is 0.202. The standard InChI is InChI=1S/C37H55N3O6/c1-13-26(6)40(33(42)30(23(2)3)39-35(44)46-37(10,11)12)31(28-20-24(4)19-25(5)21-28)32(41)38-29(34(43)45-36(7,8)9)22-27-17-15-14-16-18-27/h14-21,23,26,29-31H,13,22H2,1-12H3,(H,38,41)(H,39,44). The van der Waals surface area contributed by atoms with Crippen molar-refractivity contribution in [2.45, 2.75) is 131 Å². The minimum atomic E-state index is -1.11. The Hall–Kier alpha value is -3.88. The second-order valence-corrected chi connectivity index (χ2v) is 14.5. The number of carbonyl (C=O) groups is 4. The van der Waals surface area contributed by atoms with E-state index in [0.29, 0.717) is 12.0 Å². The highest BCUT2D eigenvalue weighted by Crippen LogP contribution is 2.29. The maximum absolute atomic E-state index is 14.6. The molecule has 2 rings (SSSR count). The van der Waals surface area contributed by atoms with E-state index in [1.165, 1.54) is 0 Å². The second-order valence-electron chi connectivity index (χ2n) is 14.5. The smallest absolute Gasteiger partial charge is 0.408 e. The van der Waals surface area contributed by atoms with E-state index in [0.717, 1.165) is 16.7 Å². The van der Waals surface area contributed by atoms with Gasteiger partial charge in [-0.25, -0.2) is 9.59 Å². The fraction of sp³-hybridized carbons (Fsp3) is 0.568. The third-order valence-corrected chi connectivity index (χ3v) is 7.30. The van der Waals surface area contributed by atoms with Crippen molar-refractivity contribution in [2.75, 3.05) is 0 Å². The number of rotatable bonds is 12. The Morgan fingerprint density at radius 1 is 0.804 bits per heavy atom. The number of ether oxygens (including phenoxy) is 2. The lowest BCUT2D eigenvalue weighted by molar-refractivity contribution is -0.159. The molecule has 2 aromatic rings. The number of esters is 1. The Bertz CT molecular complexity index is 1320. The van der Waals surface area contributed by atoms with Crippen LogP contribution in [0.25, 0.3) is 0 Å². The van der Waals surface area contributed by atoms with Crippen molar-refractivity contribution in [1.82, 2.24) is 15.5 Å². The van der Waals surface area contributed by atoms with Gasteiger partial charge in [-0.05, 0) is 85.8 Å². The number of nitrogens with zero attached hydrogens (tertiary/aromatic N) is 1. The number of benzene rings is 2. The molecule has 254 valence electrons. The quantitative estimate of drug-likeness (QED) is 0.254. The molecule has 4 unspecified atom stereocenters. The molecule has 0 aliphatic rings. The first-order valence-corrected chi connectivity index (χ1v) is 16.2. The Morgan fingerprint density at radius 2 is 1.35 bits per heavy atom. The molecule has 3 amide bonds. The highest BCUT2D eigenvalue weighted by molar-refractivity contribution is 5.94. The maximum Gasteiger partial charge on any atom is 0.408 e. The van der Waals surface area contributed by atoms with E-state index in [1.807, 2.05) is 90.1 Å². The van der Waals surface area contributed by atoms with Crippen LogP contribution < -0.4 is 10.6 Å². The van der Waals surface area contributed by atoms with Gasteiger partial charge in [-0.1, -0.05) is 80.4 Å². The van der Waals surface area contributed by atoms with Crippen molar-refractivity contribution in [2.24, 2.45) is 5.92 Å². The molecular formula is C37H55N3O6. The van der Waals surface area contributed by atoms with Crippen LogP contribution in [0.2, 0.25) is 0 Å². The zero-order valence-electron chi connectivity index (χ0n) is 29.8. The van der Waals surface area contributed by atoms with Gasteiger partial charge in [-0.2, -0.15) is 0 Å². The monoisotopic (exact) mass is 637 g/mol. The summed E-state index contributed by atoms with van der Waals surface area (Å²) in [5, 5.41) is 5.72. The zero-order chi connectivity index (χ0) is 35.0. The molecule has 0 heterocycles. The summed E-state index contributed by atoms with van der Waals surface area (Å²) in [5.74, 6) is -1.84. The minimum Gasteiger partial charge on any atom is -0.458 e. The van der Waals surface area contributed by atoms with E-state index in [1.54, 1.807) is 46.4 Å². The molecule has 0 aliphatic carbocycles. The van der Waals surface area contributed by atoms with Gasteiger partial charge in [0.2, 0.25) is 11.8 Å².